The maximum absolute atomic E-state index is 12.8. The first kappa shape index (κ1) is 24.1. The van der Waals surface area contributed by atoms with Crippen LogP contribution in [0.3, 0.4) is 0 Å². The van der Waals surface area contributed by atoms with Gasteiger partial charge in [-0.3, -0.25) is 9.69 Å². The Balaban J connectivity index is 1.49. The normalized spacial score (nSPS) is 14.7. The van der Waals surface area contributed by atoms with E-state index in [-0.39, 0.29) is 12.2 Å². The molecule has 1 N–H and O–H groups in total. The van der Waals surface area contributed by atoms with Crippen molar-refractivity contribution in [3.8, 4) is 5.75 Å². The van der Waals surface area contributed by atoms with Gasteiger partial charge in [0.1, 0.15) is 12.3 Å². The second-order valence-corrected chi connectivity index (χ2v) is 10.2. The van der Waals surface area contributed by atoms with Crippen LogP contribution in [-0.2, 0) is 17.9 Å². The van der Waals surface area contributed by atoms with Crippen LogP contribution in [0.2, 0.25) is 10.0 Å². The maximum atomic E-state index is 12.8. The van der Waals surface area contributed by atoms with Gasteiger partial charge in [-0.2, -0.15) is 0 Å². The summed E-state index contributed by atoms with van der Waals surface area (Å²) in [5, 5.41) is 3.23. The Bertz CT molecular complexity index is 1220. The molecule has 0 saturated carbocycles. The van der Waals surface area contributed by atoms with Gasteiger partial charge >= 0.3 is 6.03 Å². The molecule has 5 nitrogen and oxygen atoms in total. The minimum Gasteiger partial charge on any atom is -0.486 e. The van der Waals surface area contributed by atoms with E-state index in [9.17, 15) is 9.59 Å². The van der Waals surface area contributed by atoms with Gasteiger partial charge in [0.15, 0.2) is 5.75 Å². The summed E-state index contributed by atoms with van der Waals surface area (Å²) in [7, 11) is 0. The number of amides is 3. The number of carbonyl (C=O) groups is 2. The number of carbonyl (C=O) groups excluding carboxylic acids is 2. The van der Waals surface area contributed by atoms with Gasteiger partial charge in [-0.1, -0.05) is 63.4 Å². The van der Waals surface area contributed by atoms with Crippen molar-refractivity contribution in [1.29, 1.82) is 0 Å². The zero-order chi connectivity index (χ0) is 23.5. The lowest BCUT2D eigenvalue weighted by Crippen LogP contribution is -2.30. The van der Waals surface area contributed by atoms with Crippen LogP contribution in [0.1, 0.15) is 16.7 Å². The molecule has 1 aliphatic heterocycles. The molecule has 0 atom stereocenters. The molecular formula is C24H16BrCl2IN2O3. The van der Waals surface area contributed by atoms with E-state index in [4.69, 9.17) is 27.9 Å². The molecule has 9 heteroatoms. The quantitative estimate of drug-likeness (QED) is 0.176. The van der Waals surface area contributed by atoms with Crippen molar-refractivity contribution in [2.45, 2.75) is 13.2 Å². The molecule has 3 aromatic rings. The number of nitrogens with one attached hydrogen (secondary N) is 1. The molecule has 1 fully saturated rings. The maximum Gasteiger partial charge on any atom is 0.329 e. The Labute approximate surface area is 223 Å². The molecule has 33 heavy (non-hydrogen) atoms. The third-order valence-electron chi connectivity index (χ3n) is 4.84. The van der Waals surface area contributed by atoms with Crippen molar-refractivity contribution >= 4 is 79.7 Å². The van der Waals surface area contributed by atoms with E-state index in [2.05, 4.69) is 43.8 Å². The Kier molecular flexibility index (Phi) is 7.63. The fourth-order valence-corrected chi connectivity index (χ4v) is 4.43. The molecule has 1 heterocycles. The number of nitrogens with zero attached hydrogens (tertiary/aromatic N) is 1. The van der Waals surface area contributed by atoms with E-state index in [1.807, 2.05) is 48.5 Å². The number of ether oxygens (including phenoxy) is 1. The predicted octanol–water partition coefficient (Wildman–Crippen LogP) is 7.03. The zero-order valence-electron chi connectivity index (χ0n) is 16.9. The van der Waals surface area contributed by atoms with E-state index < -0.39 is 11.9 Å². The summed E-state index contributed by atoms with van der Waals surface area (Å²) in [6, 6.07) is 18.1. The lowest BCUT2D eigenvalue weighted by atomic mass is 10.1. The van der Waals surface area contributed by atoms with Gasteiger partial charge in [-0.15, -0.1) is 0 Å². The van der Waals surface area contributed by atoms with Crippen molar-refractivity contribution in [1.82, 2.24) is 10.2 Å². The highest BCUT2D eigenvalue weighted by molar-refractivity contribution is 14.1. The first-order valence-electron chi connectivity index (χ1n) is 9.75. The lowest BCUT2D eigenvalue weighted by molar-refractivity contribution is -0.123. The third kappa shape index (κ3) is 5.90. The summed E-state index contributed by atoms with van der Waals surface area (Å²) in [4.78, 5) is 26.3. The Morgan fingerprint density at radius 2 is 1.58 bits per heavy atom. The molecule has 168 valence electrons. The molecule has 3 amide bonds. The first-order chi connectivity index (χ1) is 15.8. The predicted molar refractivity (Wildman–Crippen MR) is 141 cm³/mol. The molecule has 0 unspecified atom stereocenters. The Morgan fingerprint density at radius 3 is 2.21 bits per heavy atom. The van der Waals surface area contributed by atoms with Gasteiger partial charge in [0.05, 0.1) is 16.6 Å². The molecule has 0 bridgehead atoms. The third-order valence-corrected chi connectivity index (χ3v) is 6.65. The van der Waals surface area contributed by atoms with Gasteiger partial charge in [0.2, 0.25) is 0 Å². The smallest absolute Gasteiger partial charge is 0.329 e. The number of benzene rings is 3. The summed E-state index contributed by atoms with van der Waals surface area (Å²) >= 11 is 18.4. The molecule has 0 aromatic heterocycles. The van der Waals surface area contributed by atoms with Crippen molar-refractivity contribution in [2.75, 3.05) is 0 Å². The van der Waals surface area contributed by atoms with Gasteiger partial charge in [-0.05, 0) is 81.8 Å². The molecule has 1 saturated heterocycles. The number of halogens is 4. The number of imide groups is 1. The zero-order valence-corrected chi connectivity index (χ0v) is 22.2. The van der Waals surface area contributed by atoms with Gasteiger partial charge < -0.3 is 10.1 Å². The molecule has 0 aliphatic carbocycles. The minimum absolute atomic E-state index is 0.150. The molecule has 4 rings (SSSR count). The Morgan fingerprint density at radius 1 is 0.970 bits per heavy atom. The van der Waals surface area contributed by atoms with Crippen LogP contribution in [0.15, 0.2) is 70.8 Å². The van der Waals surface area contributed by atoms with E-state index in [1.54, 1.807) is 18.2 Å². The summed E-state index contributed by atoms with van der Waals surface area (Å²) < 4.78 is 7.87. The van der Waals surface area contributed by atoms with Crippen LogP contribution in [0.5, 0.6) is 5.75 Å². The standard InChI is InChI=1S/C24H16BrCl2IN2O3/c25-17-5-1-14(2-6-17)12-30-23(31)21(29-24(30)32)11-16-9-19(26)22(20(27)10-16)33-13-15-3-7-18(28)8-4-15/h1-11H,12-13H2,(H,29,32)/b21-11+. The summed E-state index contributed by atoms with van der Waals surface area (Å²) in [6.07, 6.45) is 1.54. The van der Waals surface area contributed by atoms with Crippen molar-refractivity contribution in [3.63, 3.8) is 0 Å². The SMILES string of the molecule is O=C1N/C(=C/c2cc(Cl)c(OCc3ccc(I)cc3)c(Cl)c2)C(=O)N1Cc1ccc(Br)cc1. The van der Waals surface area contributed by atoms with Crippen molar-refractivity contribution in [2.24, 2.45) is 0 Å². The fraction of sp³-hybridized carbons (Fsp3) is 0.0833. The van der Waals surface area contributed by atoms with Crippen LogP contribution in [0.25, 0.3) is 6.08 Å². The topological polar surface area (TPSA) is 58.6 Å². The molecule has 1 aliphatic rings. The second kappa shape index (κ2) is 10.5. The highest BCUT2D eigenvalue weighted by Gasteiger charge is 2.33. The van der Waals surface area contributed by atoms with Gasteiger partial charge in [0, 0.05) is 8.04 Å². The van der Waals surface area contributed by atoms with E-state index in [0.717, 1.165) is 24.1 Å². The van der Waals surface area contributed by atoms with Crippen LogP contribution in [0.4, 0.5) is 4.79 Å². The summed E-state index contributed by atoms with van der Waals surface area (Å²) in [6.45, 7) is 0.485. The molecule has 0 spiro atoms. The second-order valence-electron chi connectivity index (χ2n) is 7.23. The first-order valence-corrected chi connectivity index (χ1v) is 12.4. The van der Waals surface area contributed by atoms with Crippen LogP contribution < -0.4 is 10.1 Å². The summed E-state index contributed by atoms with van der Waals surface area (Å²) in [5.74, 6) is -0.0631. The van der Waals surface area contributed by atoms with Crippen molar-refractivity contribution < 1.29 is 14.3 Å². The number of hydrogen-bond acceptors (Lipinski definition) is 3. The van der Waals surface area contributed by atoms with Crippen LogP contribution in [-0.4, -0.2) is 16.8 Å². The number of hydrogen-bond donors (Lipinski definition) is 1. The molecule has 3 aromatic carbocycles. The van der Waals surface area contributed by atoms with E-state index in [1.165, 1.54) is 0 Å². The fourth-order valence-electron chi connectivity index (χ4n) is 3.19. The highest BCUT2D eigenvalue weighted by atomic mass is 127. The van der Waals surface area contributed by atoms with Crippen LogP contribution in [0, 0.1) is 3.57 Å². The number of urea groups is 1. The van der Waals surface area contributed by atoms with Crippen molar-refractivity contribution in [3.05, 3.63) is 101 Å². The molecule has 0 radical (unpaired) electrons. The highest BCUT2D eigenvalue weighted by Crippen LogP contribution is 2.35. The monoisotopic (exact) mass is 656 g/mol. The largest absolute Gasteiger partial charge is 0.486 e. The average molecular weight is 658 g/mol. The summed E-state index contributed by atoms with van der Waals surface area (Å²) in [5.41, 5.74) is 2.54. The molecular weight excluding hydrogens is 642 g/mol. The van der Waals surface area contributed by atoms with Gasteiger partial charge in [-0.25, -0.2) is 4.79 Å². The minimum atomic E-state index is -0.483. The Hall–Kier alpha value is -2.07. The van der Waals surface area contributed by atoms with E-state index in [0.29, 0.717) is 28.0 Å². The number of rotatable bonds is 6. The average Bonchev–Trinajstić information content (AvgIpc) is 3.03. The van der Waals surface area contributed by atoms with E-state index >= 15 is 0 Å². The lowest BCUT2D eigenvalue weighted by Gasteiger charge is -2.12. The van der Waals surface area contributed by atoms with Crippen LogP contribution >= 0.6 is 61.7 Å². The van der Waals surface area contributed by atoms with Gasteiger partial charge in [0.25, 0.3) is 5.91 Å².